The Labute approximate surface area is 172 Å². The molecule has 1 N–H and O–H groups in total. The molecule has 7 nitrogen and oxygen atoms in total. The molecule has 4 rings (SSSR count). The first kappa shape index (κ1) is 18.9. The maximum atomic E-state index is 12.8. The minimum Gasteiger partial charge on any atom is -0.494 e. The van der Waals surface area contributed by atoms with Crippen LogP contribution in [0.4, 0.5) is 5.69 Å². The van der Waals surface area contributed by atoms with Crippen molar-refractivity contribution in [1.29, 1.82) is 0 Å². The zero-order valence-electron chi connectivity index (χ0n) is 15.9. The van der Waals surface area contributed by atoms with Crippen molar-refractivity contribution in [3.8, 4) is 11.4 Å². The number of hydrogen-bond acceptors (Lipinski definition) is 6. The fourth-order valence-electron chi connectivity index (χ4n) is 2.99. The first-order chi connectivity index (χ1) is 14.2. The number of amides is 1. The summed E-state index contributed by atoms with van der Waals surface area (Å²) in [6.07, 6.45) is 0. The van der Waals surface area contributed by atoms with E-state index in [-0.39, 0.29) is 5.91 Å². The maximum Gasteiger partial charge on any atom is 0.237 e. The summed E-state index contributed by atoms with van der Waals surface area (Å²) >= 11 is 1.28. The van der Waals surface area contributed by atoms with Gasteiger partial charge in [-0.05, 0) is 40.9 Å². The number of nitrogens with one attached hydrogen (secondary N) is 1. The second kappa shape index (κ2) is 8.32. The lowest BCUT2D eigenvalue weighted by Crippen LogP contribution is -2.23. The number of benzene rings is 3. The fraction of sp³-hybridized carbons (Fsp3) is 0.143. The van der Waals surface area contributed by atoms with Crippen LogP contribution in [-0.2, 0) is 4.79 Å². The molecule has 29 heavy (non-hydrogen) atoms. The number of ether oxygens (including phenoxy) is 1. The van der Waals surface area contributed by atoms with Gasteiger partial charge in [-0.3, -0.25) is 4.79 Å². The van der Waals surface area contributed by atoms with Crippen molar-refractivity contribution in [3.05, 3.63) is 66.7 Å². The number of rotatable bonds is 6. The van der Waals surface area contributed by atoms with E-state index in [9.17, 15) is 4.79 Å². The SMILES string of the molecule is COc1ccccc1-n1nnnc1SC(C)C(=O)Nc1cccc2ccccc12. The summed E-state index contributed by atoms with van der Waals surface area (Å²) in [6.45, 7) is 1.83. The Bertz CT molecular complexity index is 1160. The number of carbonyl (C=O) groups excluding carboxylic acids is 1. The first-order valence-corrected chi connectivity index (χ1v) is 9.92. The van der Waals surface area contributed by atoms with Gasteiger partial charge < -0.3 is 10.1 Å². The molecule has 0 radical (unpaired) electrons. The molecule has 0 aliphatic carbocycles. The lowest BCUT2D eigenvalue weighted by molar-refractivity contribution is -0.115. The third-order valence-corrected chi connectivity index (χ3v) is 5.49. The van der Waals surface area contributed by atoms with Gasteiger partial charge >= 0.3 is 0 Å². The highest BCUT2D eigenvalue weighted by molar-refractivity contribution is 8.00. The largest absolute Gasteiger partial charge is 0.494 e. The van der Waals surface area contributed by atoms with Crippen LogP contribution in [-0.4, -0.2) is 38.5 Å². The molecule has 1 heterocycles. The van der Waals surface area contributed by atoms with Crippen LogP contribution in [0.5, 0.6) is 5.75 Å². The lowest BCUT2D eigenvalue weighted by Gasteiger charge is -2.14. The molecule has 1 aromatic heterocycles. The fourth-order valence-corrected chi connectivity index (χ4v) is 3.79. The number of nitrogens with zero attached hydrogens (tertiary/aromatic N) is 4. The normalized spacial score (nSPS) is 11.9. The summed E-state index contributed by atoms with van der Waals surface area (Å²) in [5, 5.41) is 17.1. The third kappa shape index (κ3) is 3.93. The van der Waals surface area contributed by atoms with Crippen molar-refractivity contribution in [1.82, 2.24) is 20.2 Å². The molecule has 0 fully saturated rings. The number of aromatic nitrogens is 4. The van der Waals surface area contributed by atoms with E-state index in [2.05, 4.69) is 20.8 Å². The smallest absolute Gasteiger partial charge is 0.237 e. The van der Waals surface area contributed by atoms with Crippen LogP contribution in [0.25, 0.3) is 16.5 Å². The highest BCUT2D eigenvalue weighted by Crippen LogP contribution is 2.29. The van der Waals surface area contributed by atoms with Crippen LogP contribution < -0.4 is 10.1 Å². The van der Waals surface area contributed by atoms with Gasteiger partial charge in [-0.2, -0.15) is 4.68 Å². The summed E-state index contributed by atoms with van der Waals surface area (Å²) in [5.41, 5.74) is 1.49. The van der Waals surface area contributed by atoms with Gasteiger partial charge in [-0.1, -0.05) is 60.3 Å². The van der Waals surface area contributed by atoms with E-state index in [4.69, 9.17) is 4.74 Å². The molecule has 3 aromatic carbocycles. The summed E-state index contributed by atoms with van der Waals surface area (Å²) in [5.74, 6) is 0.524. The minimum atomic E-state index is -0.409. The number of para-hydroxylation sites is 2. The molecule has 1 unspecified atom stereocenters. The number of carbonyl (C=O) groups is 1. The molecule has 1 atom stereocenters. The molecule has 1 amide bonds. The number of hydrogen-bond donors (Lipinski definition) is 1. The van der Waals surface area contributed by atoms with E-state index >= 15 is 0 Å². The van der Waals surface area contributed by atoms with Crippen LogP contribution in [0.1, 0.15) is 6.92 Å². The third-order valence-electron chi connectivity index (χ3n) is 4.45. The lowest BCUT2D eigenvalue weighted by atomic mass is 10.1. The van der Waals surface area contributed by atoms with Crippen molar-refractivity contribution >= 4 is 34.1 Å². The minimum absolute atomic E-state index is 0.124. The summed E-state index contributed by atoms with van der Waals surface area (Å²) in [4.78, 5) is 12.8. The van der Waals surface area contributed by atoms with E-state index in [1.165, 1.54) is 11.8 Å². The molecular weight excluding hydrogens is 386 g/mol. The van der Waals surface area contributed by atoms with Crippen LogP contribution in [0, 0.1) is 0 Å². The van der Waals surface area contributed by atoms with Crippen molar-refractivity contribution in [2.45, 2.75) is 17.3 Å². The number of thioether (sulfide) groups is 1. The Hall–Kier alpha value is -3.39. The number of anilines is 1. The van der Waals surface area contributed by atoms with Gasteiger partial charge in [0.15, 0.2) is 0 Å². The van der Waals surface area contributed by atoms with Gasteiger partial charge in [0, 0.05) is 11.1 Å². The Morgan fingerprint density at radius 2 is 1.83 bits per heavy atom. The average molecular weight is 405 g/mol. The molecule has 4 aromatic rings. The van der Waals surface area contributed by atoms with Gasteiger partial charge in [0.25, 0.3) is 0 Å². The second-order valence-corrected chi connectivity index (χ2v) is 7.63. The van der Waals surface area contributed by atoms with Gasteiger partial charge in [0.05, 0.1) is 12.4 Å². The Balaban J connectivity index is 1.54. The van der Waals surface area contributed by atoms with Gasteiger partial charge in [-0.15, -0.1) is 5.10 Å². The number of methoxy groups -OCH3 is 1. The van der Waals surface area contributed by atoms with Crippen molar-refractivity contribution in [2.24, 2.45) is 0 Å². The molecular formula is C21H19N5O2S. The molecule has 0 saturated carbocycles. The number of fused-ring (bicyclic) bond motifs is 1. The van der Waals surface area contributed by atoms with E-state index in [0.717, 1.165) is 16.5 Å². The van der Waals surface area contributed by atoms with E-state index in [0.29, 0.717) is 16.6 Å². The average Bonchev–Trinajstić information content (AvgIpc) is 3.21. The quantitative estimate of drug-likeness (QED) is 0.489. The zero-order chi connectivity index (χ0) is 20.2. The predicted molar refractivity (Wildman–Crippen MR) is 114 cm³/mol. The van der Waals surface area contributed by atoms with Crippen LogP contribution in [0.15, 0.2) is 71.9 Å². The van der Waals surface area contributed by atoms with Gasteiger partial charge in [0.1, 0.15) is 11.4 Å². The van der Waals surface area contributed by atoms with Crippen molar-refractivity contribution in [2.75, 3.05) is 12.4 Å². The van der Waals surface area contributed by atoms with E-state index in [1.807, 2.05) is 73.7 Å². The molecule has 146 valence electrons. The zero-order valence-corrected chi connectivity index (χ0v) is 16.8. The Morgan fingerprint density at radius 1 is 1.07 bits per heavy atom. The predicted octanol–water partition coefficient (Wildman–Crippen LogP) is 3.94. The topological polar surface area (TPSA) is 81.9 Å². The maximum absolute atomic E-state index is 12.8. The highest BCUT2D eigenvalue weighted by Gasteiger charge is 2.21. The summed E-state index contributed by atoms with van der Waals surface area (Å²) in [6, 6.07) is 21.2. The molecule has 0 bridgehead atoms. The molecule has 0 aliphatic rings. The molecule has 0 saturated heterocycles. The molecule has 8 heteroatoms. The van der Waals surface area contributed by atoms with Crippen molar-refractivity contribution < 1.29 is 9.53 Å². The summed E-state index contributed by atoms with van der Waals surface area (Å²) in [7, 11) is 1.59. The van der Waals surface area contributed by atoms with Crippen LogP contribution >= 0.6 is 11.8 Å². The second-order valence-electron chi connectivity index (χ2n) is 6.32. The Morgan fingerprint density at radius 3 is 2.69 bits per heavy atom. The van der Waals surface area contributed by atoms with Gasteiger partial charge in [0.2, 0.25) is 11.1 Å². The highest BCUT2D eigenvalue weighted by atomic mass is 32.2. The van der Waals surface area contributed by atoms with E-state index < -0.39 is 5.25 Å². The standard InChI is InChI=1S/C21H19N5O2S/c1-14(20(27)22-17-11-7-9-15-8-3-4-10-16(15)17)29-21-23-24-25-26(21)18-12-5-6-13-19(18)28-2/h3-14H,1-2H3,(H,22,27). The first-order valence-electron chi connectivity index (χ1n) is 9.04. The molecule has 0 aliphatic heterocycles. The summed E-state index contributed by atoms with van der Waals surface area (Å²) < 4.78 is 6.97. The van der Waals surface area contributed by atoms with Gasteiger partial charge in [-0.25, -0.2) is 0 Å². The van der Waals surface area contributed by atoms with Crippen LogP contribution in [0.2, 0.25) is 0 Å². The molecule has 0 spiro atoms. The Kier molecular flexibility index (Phi) is 5.44. The number of tetrazole rings is 1. The monoisotopic (exact) mass is 405 g/mol. The van der Waals surface area contributed by atoms with Crippen LogP contribution in [0.3, 0.4) is 0 Å². The van der Waals surface area contributed by atoms with Crippen molar-refractivity contribution in [3.63, 3.8) is 0 Å². The van der Waals surface area contributed by atoms with E-state index in [1.54, 1.807) is 11.8 Å².